The van der Waals surface area contributed by atoms with Crippen LogP contribution in [0.25, 0.3) is 0 Å². The fourth-order valence-electron chi connectivity index (χ4n) is 3.42. The van der Waals surface area contributed by atoms with Crippen molar-refractivity contribution >= 4 is 29.4 Å². The molecule has 8 heteroatoms. The summed E-state index contributed by atoms with van der Waals surface area (Å²) in [7, 11) is 0. The lowest BCUT2D eigenvalue weighted by Crippen LogP contribution is -2.46. The zero-order valence-electron chi connectivity index (χ0n) is 16.1. The van der Waals surface area contributed by atoms with Crippen molar-refractivity contribution in [2.24, 2.45) is 0 Å². The van der Waals surface area contributed by atoms with Crippen LogP contribution in [0.2, 0.25) is 0 Å². The Bertz CT molecular complexity index is 946. The number of nitrogens with zero attached hydrogens (tertiary/aromatic N) is 2. The number of carbonyl (C=O) groups is 4. The molecule has 0 spiro atoms. The van der Waals surface area contributed by atoms with Crippen molar-refractivity contribution < 1.29 is 28.7 Å². The van der Waals surface area contributed by atoms with Crippen molar-refractivity contribution in [2.45, 2.75) is 31.7 Å². The maximum absolute atomic E-state index is 13.2. The average molecular weight is 411 g/mol. The first-order valence-electron chi connectivity index (χ1n) is 9.52. The van der Waals surface area contributed by atoms with Gasteiger partial charge in [-0.05, 0) is 42.7 Å². The second kappa shape index (κ2) is 9.30. The lowest BCUT2D eigenvalue weighted by molar-refractivity contribution is -0.305. The summed E-state index contributed by atoms with van der Waals surface area (Å²) in [5.41, 5.74) is 1.15. The fourth-order valence-corrected chi connectivity index (χ4v) is 3.42. The smallest absolute Gasteiger partial charge is 0.257 e. The number of carbonyl (C=O) groups excluding carboxylic acids is 4. The van der Waals surface area contributed by atoms with Crippen molar-refractivity contribution in [2.75, 3.05) is 11.4 Å². The summed E-state index contributed by atoms with van der Waals surface area (Å²) >= 11 is 0. The third kappa shape index (κ3) is 4.89. The van der Waals surface area contributed by atoms with Gasteiger partial charge in [-0.1, -0.05) is 30.3 Å². The Kier molecular flexibility index (Phi) is 6.56. The highest BCUT2D eigenvalue weighted by molar-refractivity contribution is 6.23. The van der Waals surface area contributed by atoms with Crippen LogP contribution < -0.4 is 10.0 Å². The van der Waals surface area contributed by atoms with Gasteiger partial charge in [0.2, 0.25) is 11.8 Å². The van der Waals surface area contributed by atoms with E-state index >= 15 is 0 Å². The van der Waals surface area contributed by atoms with Gasteiger partial charge in [-0.2, -0.15) is 0 Å². The number of rotatable bonds is 8. The molecular weight excluding hydrogens is 391 g/mol. The van der Waals surface area contributed by atoms with Gasteiger partial charge in [0.1, 0.15) is 11.9 Å². The largest absolute Gasteiger partial charge is 0.550 e. The minimum Gasteiger partial charge on any atom is -0.550 e. The minimum absolute atomic E-state index is 0.150. The summed E-state index contributed by atoms with van der Waals surface area (Å²) in [6, 6.07) is 13.2. The van der Waals surface area contributed by atoms with Crippen LogP contribution in [0.3, 0.4) is 0 Å². The van der Waals surface area contributed by atoms with Gasteiger partial charge in [0, 0.05) is 18.9 Å². The molecule has 1 heterocycles. The molecule has 1 aliphatic heterocycles. The Labute approximate surface area is 172 Å². The molecule has 1 atom stereocenters. The van der Waals surface area contributed by atoms with E-state index in [0.717, 1.165) is 22.6 Å². The summed E-state index contributed by atoms with van der Waals surface area (Å²) in [5, 5.41) is 10.8. The van der Waals surface area contributed by atoms with Gasteiger partial charge in [0.25, 0.3) is 5.91 Å². The predicted octanol–water partition coefficient (Wildman–Crippen LogP) is 1.06. The van der Waals surface area contributed by atoms with Crippen LogP contribution in [0.4, 0.5) is 10.1 Å². The second-order valence-corrected chi connectivity index (χ2v) is 6.96. The van der Waals surface area contributed by atoms with Gasteiger partial charge in [-0.15, -0.1) is 0 Å². The zero-order chi connectivity index (χ0) is 21.7. The molecule has 3 rings (SSSR count). The summed E-state index contributed by atoms with van der Waals surface area (Å²) in [6.45, 7) is 0.150. The first-order valence-corrected chi connectivity index (χ1v) is 9.52. The standard InChI is InChI=1S/C22H21FN2O5/c23-16-6-8-17(9-7-16)25-20(27)14-18(22(25)30)24(19(26)10-11-21(28)29)13-12-15-4-2-1-3-5-15/h1-9,18H,10-14H2,(H,28,29)/p-1/t18-/m1/s1. The van der Waals surface area contributed by atoms with Crippen LogP contribution in [-0.4, -0.2) is 41.2 Å². The van der Waals surface area contributed by atoms with Crippen molar-refractivity contribution in [1.29, 1.82) is 0 Å². The fraction of sp³-hybridized carbons (Fsp3) is 0.273. The lowest BCUT2D eigenvalue weighted by Gasteiger charge is -2.28. The maximum Gasteiger partial charge on any atom is 0.257 e. The summed E-state index contributed by atoms with van der Waals surface area (Å²) in [5.74, 6) is -3.51. The third-order valence-corrected chi connectivity index (χ3v) is 4.93. The highest BCUT2D eigenvalue weighted by Crippen LogP contribution is 2.26. The molecule has 3 amide bonds. The van der Waals surface area contributed by atoms with E-state index in [1.54, 1.807) is 0 Å². The van der Waals surface area contributed by atoms with Gasteiger partial charge in [0.15, 0.2) is 0 Å². The number of carboxylic acid groups (broad SMARTS) is 1. The lowest BCUT2D eigenvalue weighted by atomic mass is 10.1. The summed E-state index contributed by atoms with van der Waals surface area (Å²) < 4.78 is 13.2. The van der Waals surface area contributed by atoms with Crippen LogP contribution in [-0.2, 0) is 25.6 Å². The minimum atomic E-state index is -1.37. The molecule has 0 aromatic heterocycles. The quantitative estimate of drug-likeness (QED) is 0.605. The second-order valence-electron chi connectivity index (χ2n) is 6.96. The molecule has 1 saturated heterocycles. The Morgan fingerprint density at radius 3 is 2.33 bits per heavy atom. The molecule has 0 saturated carbocycles. The summed E-state index contributed by atoms with van der Waals surface area (Å²) in [6.07, 6.45) is -0.586. The van der Waals surface area contributed by atoms with E-state index in [1.165, 1.54) is 17.0 Å². The maximum atomic E-state index is 13.2. The van der Waals surface area contributed by atoms with E-state index in [4.69, 9.17) is 0 Å². The molecular formula is C22H20FN2O5-. The zero-order valence-corrected chi connectivity index (χ0v) is 16.1. The first kappa shape index (κ1) is 21.2. The van der Waals surface area contributed by atoms with Gasteiger partial charge in [0.05, 0.1) is 12.1 Å². The molecule has 0 bridgehead atoms. The molecule has 156 valence electrons. The van der Waals surface area contributed by atoms with E-state index in [2.05, 4.69) is 0 Å². The Hall–Kier alpha value is -3.55. The number of aliphatic carboxylic acids is 1. The van der Waals surface area contributed by atoms with Crippen LogP contribution >= 0.6 is 0 Å². The van der Waals surface area contributed by atoms with E-state index in [-0.39, 0.29) is 25.1 Å². The Morgan fingerprint density at radius 2 is 1.70 bits per heavy atom. The topological polar surface area (TPSA) is 97.8 Å². The Balaban J connectivity index is 1.81. The third-order valence-electron chi connectivity index (χ3n) is 4.93. The number of carboxylic acids is 1. The molecule has 0 radical (unpaired) electrons. The number of anilines is 1. The molecule has 0 aliphatic carbocycles. The predicted molar refractivity (Wildman–Crippen MR) is 103 cm³/mol. The number of amides is 3. The van der Waals surface area contributed by atoms with E-state index in [0.29, 0.717) is 6.42 Å². The first-order chi connectivity index (χ1) is 14.4. The van der Waals surface area contributed by atoms with Crippen LogP contribution in [0.1, 0.15) is 24.8 Å². The number of halogens is 1. The molecule has 2 aromatic carbocycles. The average Bonchev–Trinajstić information content (AvgIpc) is 3.02. The Morgan fingerprint density at radius 1 is 1.03 bits per heavy atom. The molecule has 1 aliphatic rings. The number of benzene rings is 2. The monoisotopic (exact) mass is 411 g/mol. The van der Waals surface area contributed by atoms with Crippen molar-refractivity contribution in [3.63, 3.8) is 0 Å². The molecule has 0 N–H and O–H groups in total. The van der Waals surface area contributed by atoms with Gasteiger partial charge < -0.3 is 14.8 Å². The van der Waals surface area contributed by atoms with Crippen molar-refractivity contribution in [1.82, 2.24) is 4.90 Å². The number of hydrogen-bond donors (Lipinski definition) is 0. The number of imide groups is 1. The van der Waals surface area contributed by atoms with E-state index in [9.17, 15) is 28.7 Å². The highest BCUT2D eigenvalue weighted by atomic mass is 19.1. The van der Waals surface area contributed by atoms with Crippen LogP contribution in [0, 0.1) is 5.82 Å². The SMILES string of the molecule is O=C([O-])CCC(=O)N(CCc1ccccc1)[C@@H]1CC(=O)N(c2ccc(F)cc2)C1=O. The summed E-state index contributed by atoms with van der Waals surface area (Å²) in [4.78, 5) is 51.2. The highest BCUT2D eigenvalue weighted by Gasteiger charge is 2.44. The molecule has 2 aromatic rings. The van der Waals surface area contributed by atoms with Gasteiger partial charge >= 0.3 is 0 Å². The normalized spacial score (nSPS) is 16.0. The number of hydrogen-bond acceptors (Lipinski definition) is 5. The molecule has 7 nitrogen and oxygen atoms in total. The molecule has 1 fully saturated rings. The van der Waals surface area contributed by atoms with Crippen molar-refractivity contribution in [3.05, 3.63) is 66.0 Å². The molecule has 30 heavy (non-hydrogen) atoms. The van der Waals surface area contributed by atoms with E-state index in [1.807, 2.05) is 30.3 Å². The van der Waals surface area contributed by atoms with Crippen LogP contribution in [0.5, 0.6) is 0 Å². The van der Waals surface area contributed by atoms with Crippen LogP contribution in [0.15, 0.2) is 54.6 Å². The van der Waals surface area contributed by atoms with Gasteiger partial charge in [-0.25, -0.2) is 9.29 Å². The van der Waals surface area contributed by atoms with Crippen molar-refractivity contribution in [3.8, 4) is 0 Å². The van der Waals surface area contributed by atoms with Gasteiger partial charge in [-0.3, -0.25) is 14.4 Å². The molecule has 0 unspecified atom stereocenters. The van der Waals surface area contributed by atoms with E-state index < -0.39 is 42.0 Å².